The Hall–Kier alpha value is -2.01. The molecule has 110 valence electrons. The summed E-state index contributed by atoms with van der Waals surface area (Å²) in [4.78, 5) is 6.66. The number of nitrogens with one attached hydrogen (secondary N) is 1. The van der Waals surface area contributed by atoms with Crippen LogP contribution in [0.3, 0.4) is 0 Å². The van der Waals surface area contributed by atoms with Crippen molar-refractivity contribution in [3.05, 3.63) is 47.9 Å². The van der Waals surface area contributed by atoms with Gasteiger partial charge in [0.1, 0.15) is 0 Å². The topological polar surface area (TPSA) is 53.9 Å². The van der Waals surface area contributed by atoms with E-state index >= 15 is 0 Å². The van der Waals surface area contributed by atoms with Crippen LogP contribution in [0, 0.1) is 6.92 Å². The van der Waals surface area contributed by atoms with Gasteiger partial charge in [-0.15, -0.1) is 5.10 Å². The first-order valence-corrected chi connectivity index (χ1v) is 7.50. The quantitative estimate of drug-likeness (QED) is 0.929. The number of nitrogens with zero attached hydrogens (tertiary/aromatic N) is 4. The normalized spacial score (nSPS) is 18.7. The maximum absolute atomic E-state index is 4.35. The summed E-state index contributed by atoms with van der Waals surface area (Å²) in [6, 6.07) is 10.6. The van der Waals surface area contributed by atoms with E-state index in [9.17, 15) is 0 Å². The Morgan fingerprint density at radius 3 is 2.95 bits per heavy atom. The van der Waals surface area contributed by atoms with Gasteiger partial charge in [-0.25, -0.2) is 0 Å². The predicted molar refractivity (Wildman–Crippen MR) is 83.1 cm³/mol. The number of aryl methyl sites for hydroxylation is 1. The van der Waals surface area contributed by atoms with Crippen LogP contribution >= 0.6 is 0 Å². The maximum Gasteiger partial charge on any atom is 0.151 e. The third-order valence-corrected chi connectivity index (χ3v) is 3.83. The molecule has 21 heavy (non-hydrogen) atoms. The summed E-state index contributed by atoms with van der Waals surface area (Å²) in [6.07, 6.45) is 4.21. The Labute approximate surface area is 125 Å². The van der Waals surface area contributed by atoms with Crippen molar-refractivity contribution >= 4 is 5.82 Å². The van der Waals surface area contributed by atoms with E-state index < -0.39 is 0 Å². The lowest BCUT2D eigenvalue weighted by molar-refractivity contribution is 0.417. The van der Waals surface area contributed by atoms with Crippen molar-refractivity contribution in [2.24, 2.45) is 0 Å². The second-order valence-corrected chi connectivity index (χ2v) is 5.52. The number of anilines is 1. The van der Waals surface area contributed by atoms with Crippen molar-refractivity contribution in [2.45, 2.75) is 32.4 Å². The van der Waals surface area contributed by atoms with E-state index in [0.717, 1.165) is 36.8 Å². The Bertz CT molecular complexity index is 555. The molecule has 1 aliphatic rings. The van der Waals surface area contributed by atoms with E-state index in [0.29, 0.717) is 6.04 Å². The van der Waals surface area contributed by atoms with E-state index in [1.54, 1.807) is 0 Å². The smallest absolute Gasteiger partial charge is 0.151 e. The maximum atomic E-state index is 4.35. The second-order valence-electron chi connectivity index (χ2n) is 5.52. The van der Waals surface area contributed by atoms with Gasteiger partial charge < -0.3 is 10.2 Å². The molecule has 0 bridgehead atoms. The van der Waals surface area contributed by atoms with Crippen LogP contribution in [-0.2, 0) is 6.54 Å². The molecule has 0 amide bonds. The molecule has 3 heterocycles. The molecule has 1 N–H and O–H groups in total. The van der Waals surface area contributed by atoms with Crippen molar-refractivity contribution in [3.8, 4) is 0 Å². The molecule has 5 heteroatoms. The largest absolute Gasteiger partial charge is 0.354 e. The van der Waals surface area contributed by atoms with Crippen LogP contribution in [0.25, 0.3) is 0 Å². The minimum absolute atomic E-state index is 0.476. The number of hydrogen-bond donors (Lipinski definition) is 1. The van der Waals surface area contributed by atoms with E-state index in [1.165, 1.54) is 12.8 Å². The van der Waals surface area contributed by atoms with Gasteiger partial charge in [0.25, 0.3) is 0 Å². The van der Waals surface area contributed by atoms with Gasteiger partial charge in [0.15, 0.2) is 5.82 Å². The van der Waals surface area contributed by atoms with Gasteiger partial charge in [0, 0.05) is 31.9 Å². The lowest BCUT2D eigenvalue weighted by Gasteiger charge is -2.33. The van der Waals surface area contributed by atoms with Crippen molar-refractivity contribution in [1.82, 2.24) is 20.5 Å². The van der Waals surface area contributed by atoms with Crippen LogP contribution in [0.5, 0.6) is 0 Å². The Morgan fingerprint density at radius 2 is 2.19 bits per heavy atom. The molecule has 5 nitrogen and oxygen atoms in total. The molecule has 0 aromatic carbocycles. The van der Waals surface area contributed by atoms with Crippen molar-refractivity contribution in [1.29, 1.82) is 0 Å². The molecule has 0 saturated carbocycles. The van der Waals surface area contributed by atoms with Gasteiger partial charge >= 0.3 is 0 Å². The highest BCUT2D eigenvalue weighted by molar-refractivity contribution is 5.38. The third kappa shape index (κ3) is 3.76. The van der Waals surface area contributed by atoms with Crippen LogP contribution in [0.4, 0.5) is 5.82 Å². The van der Waals surface area contributed by atoms with Crippen molar-refractivity contribution < 1.29 is 0 Å². The third-order valence-electron chi connectivity index (χ3n) is 3.83. The Balaban J connectivity index is 1.57. The minimum Gasteiger partial charge on any atom is -0.354 e. The van der Waals surface area contributed by atoms with Crippen LogP contribution in [-0.4, -0.2) is 34.3 Å². The summed E-state index contributed by atoms with van der Waals surface area (Å²) < 4.78 is 0. The minimum atomic E-state index is 0.476. The average Bonchev–Trinajstić information content (AvgIpc) is 2.55. The Morgan fingerprint density at radius 1 is 1.24 bits per heavy atom. The zero-order chi connectivity index (χ0) is 14.5. The van der Waals surface area contributed by atoms with E-state index in [2.05, 4.69) is 37.5 Å². The van der Waals surface area contributed by atoms with Crippen LogP contribution in [0.2, 0.25) is 0 Å². The molecule has 1 aliphatic heterocycles. The zero-order valence-electron chi connectivity index (χ0n) is 12.4. The fourth-order valence-electron chi connectivity index (χ4n) is 2.66. The molecule has 2 aromatic rings. The summed E-state index contributed by atoms with van der Waals surface area (Å²) in [7, 11) is 0. The van der Waals surface area contributed by atoms with Crippen LogP contribution in [0.15, 0.2) is 36.5 Å². The Kier molecular flexibility index (Phi) is 4.40. The average molecular weight is 283 g/mol. The molecular weight excluding hydrogens is 262 g/mol. The van der Waals surface area contributed by atoms with Crippen molar-refractivity contribution in [2.75, 3.05) is 18.0 Å². The lowest BCUT2D eigenvalue weighted by Crippen LogP contribution is -2.45. The molecule has 2 aromatic heterocycles. The van der Waals surface area contributed by atoms with E-state index in [1.807, 2.05) is 31.3 Å². The second kappa shape index (κ2) is 6.63. The van der Waals surface area contributed by atoms with Gasteiger partial charge in [-0.05, 0) is 44.0 Å². The number of hydrogen-bond acceptors (Lipinski definition) is 5. The highest BCUT2D eigenvalue weighted by atomic mass is 15.3. The molecule has 0 aliphatic carbocycles. The SMILES string of the molecule is Cc1ccc(N2CCCC(NCc3ccccn3)C2)nn1. The van der Waals surface area contributed by atoms with Crippen LogP contribution < -0.4 is 10.2 Å². The highest BCUT2D eigenvalue weighted by Crippen LogP contribution is 2.17. The van der Waals surface area contributed by atoms with E-state index in [4.69, 9.17) is 0 Å². The molecule has 0 spiro atoms. The first-order valence-electron chi connectivity index (χ1n) is 7.50. The van der Waals surface area contributed by atoms with Crippen LogP contribution in [0.1, 0.15) is 24.2 Å². The standard InChI is InChI=1S/C16H21N5/c1-13-7-8-16(20-19-13)21-10-4-6-15(12-21)18-11-14-5-2-3-9-17-14/h2-3,5,7-9,15,18H,4,6,10-12H2,1H3. The number of piperidine rings is 1. The number of pyridine rings is 1. The van der Waals surface area contributed by atoms with Crippen molar-refractivity contribution in [3.63, 3.8) is 0 Å². The monoisotopic (exact) mass is 283 g/mol. The molecular formula is C16H21N5. The molecule has 1 unspecified atom stereocenters. The molecule has 3 rings (SSSR count). The van der Waals surface area contributed by atoms with Gasteiger partial charge in [0.2, 0.25) is 0 Å². The summed E-state index contributed by atoms with van der Waals surface area (Å²) in [5.74, 6) is 0.977. The molecule has 1 saturated heterocycles. The molecule has 0 radical (unpaired) electrons. The number of aromatic nitrogens is 3. The molecule has 1 fully saturated rings. The fraction of sp³-hybridized carbons (Fsp3) is 0.438. The van der Waals surface area contributed by atoms with Gasteiger partial charge in [-0.1, -0.05) is 6.07 Å². The zero-order valence-corrected chi connectivity index (χ0v) is 12.4. The fourth-order valence-corrected chi connectivity index (χ4v) is 2.66. The van der Waals surface area contributed by atoms with Gasteiger partial charge in [0.05, 0.1) is 11.4 Å². The predicted octanol–water partition coefficient (Wildman–Crippen LogP) is 1.94. The van der Waals surface area contributed by atoms with Gasteiger partial charge in [-0.3, -0.25) is 4.98 Å². The first-order chi connectivity index (χ1) is 10.3. The number of rotatable bonds is 4. The first kappa shape index (κ1) is 13.9. The highest BCUT2D eigenvalue weighted by Gasteiger charge is 2.20. The van der Waals surface area contributed by atoms with Gasteiger partial charge in [-0.2, -0.15) is 5.10 Å². The van der Waals surface area contributed by atoms with E-state index in [-0.39, 0.29) is 0 Å². The summed E-state index contributed by atoms with van der Waals surface area (Å²) in [5, 5.41) is 12.0. The summed E-state index contributed by atoms with van der Waals surface area (Å²) in [5.41, 5.74) is 2.05. The summed E-state index contributed by atoms with van der Waals surface area (Å²) >= 11 is 0. The molecule has 1 atom stereocenters. The lowest BCUT2D eigenvalue weighted by atomic mass is 10.1. The summed E-state index contributed by atoms with van der Waals surface area (Å²) in [6.45, 7) is 4.81.